The molecule has 0 bridgehead atoms. The number of halogens is 2. The van der Waals surface area contributed by atoms with Crippen LogP contribution in [-0.4, -0.2) is 28.9 Å². The van der Waals surface area contributed by atoms with E-state index in [-0.39, 0.29) is 17.8 Å². The first-order chi connectivity index (χ1) is 12.5. The molecule has 1 fully saturated rings. The van der Waals surface area contributed by atoms with Crippen LogP contribution in [0.2, 0.25) is 5.02 Å². The van der Waals surface area contributed by atoms with Gasteiger partial charge in [0.05, 0.1) is 11.6 Å². The minimum Gasteiger partial charge on any atom is -0.383 e. The lowest BCUT2D eigenvalue weighted by Crippen LogP contribution is -2.51. The number of hydrogen-bond acceptors (Lipinski definition) is 4. The van der Waals surface area contributed by atoms with Gasteiger partial charge in [-0.3, -0.25) is 4.79 Å². The molecule has 5 rings (SSSR count). The van der Waals surface area contributed by atoms with Gasteiger partial charge in [-0.25, -0.2) is 9.38 Å². The van der Waals surface area contributed by atoms with E-state index in [1.165, 1.54) is 6.07 Å². The summed E-state index contributed by atoms with van der Waals surface area (Å²) in [5.74, 6) is -0.205. The number of amidine groups is 1. The Morgan fingerprint density at radius 2 is 2.12 bits per heavy atom. The van der Waals surface area contributed by atoms with E-state index in [2.05, 4.69) is 10.3 Å². The van der Waals surface area contributed by atoms with Crippen LogP contribution in [0.3, 0.4) is 0 Å². The van der Waals surface area contributed by atoms with Crippen LogP contribution in [0.1, 0.15) is 40.4 Å². The molecule has 1 saturated heterocycles. The lowest BCUT2D eigenvalue weighted by molar-refractivity contribution is 0.0606. The van der Waals surface area contributed by atoms with Crippen LogP contribution in [0, 0.1) is 5.82 Å². The fraction of sp³-hybridized carbons (Fsp3) is 0.263. The lowest BCUT2D eigenvalue weighted by Gasteiger charge is -2.45. The van der Waals surface area contributed by atoms with Gasteiger partial charge in [-0.1, -0.05) is 23.7 Å². The summed E-state index contributed by atoms with van der Waals surface area (Å²) in [7, 11) is 0. The van der Waals surface area contributed by atoms with Gasteiger partial charge in [-0.2, -0.15) is 0 Å². The number of anilines is 1. The highest BCUT2D eigenvalue weighted by Crippen LogP contribution is 2.48. The largest absolute Gasteiger partial charge is 0.383 e. The van der Waals surface area contributed by atoms with Gasteiger partial charge in [0.2, 0.25) is 0 Å². The minimum atomic E-state index is -0.674. The molecule has 132 valence electrons. The molecule has 2 aromatic carbocycles. The molecule has 0 aliphatic carbocycles. The monoisotopic (exact) mass is 370 g/mol. The quantitative estimate of drug-likeness (QED) is 0.747. The smallest absolute Gasteiger partial charge is 0.254 e. The van der Waals surface area contributed by atoms with Crippen LogP contribution in [0.25, 0.3) is 0 Å². The number of piperidine rings is 1. The van der Waals surface area contributed by atoms with E-state index in [0.717, 1.165) is 5.56 Å². The molecule has 5 nitrogen and oxygen atoms in total. The van der Waals surface area contributed by atoms with Crippen molar-refractivity contribution in [2.75, 3.05) is 11.9 Å². The number of carbonyl (C=O) groups excluding carboxylic acids is 1. The minimum absolute atomic E-state index is 0.00144. The summed E-state index contributed by atoms with van der Waals surface area (Å²) >= 11 is 6.40. The van der Waals surface area contributed by atoms with Crippen LogP contribution in [0.5, 0.6) is 0 Å². The SMILES string of the molecule is NC1=N[C@@]2(CCN3C(=O)c4cccc(Cl)c4C3C2)Nc2cccc(F)c21. The molecular weight excluding hydrogens is 355 g/mol. The molecule has 26 heavy (non-hydrogen) atoms. The molecule has 1 spiro atoms. The van der Waals surface area contributed by atoms with Gasteiger partial charge in [0.15, 0.2) is 0 Å². The molecule has 3 heterocycles. The number of nitrogens with one attached hydrogen (secondary N) is 1. The van der Waals surface area contributed by atoms with Crippen LogP contribution in [0.4, 0.5) is 10.1 Å². The van der Waals surface area contributed by atoms with E-state index < -0.39 is 11.5 Å². The first kappa shape index (κ1) is 15.6. The van der Waals surface area contributed by atoms with Crippen LogP contribution >= 0.6 is 11.6 Å². The highest BCUT2D eigenvalue weighted by Gasteiger charge is 2.49. The van der Waals surface area contributed by atoms with Gasteiger partial charge in [-0.05, 0) is 24.3 Å². The number of benzene rings is 2. The number of nitrogens with zero attached hydrogens (tertiary/aromatic N) is 2. The van der Waals surface area contributed by atoms with Crippen molar-refractivity contribution in [1.29, 1.82) is 0 Å². The van der Waals surface area contributed by atoms with Gasteiger partial charge < -0.3 is 16.0 Å². The summed E-state index contributed by atoms with van der Waals surface area (Å²) in [5.41, 5.74) is 7.87. The van der Waals surface area contributed by atoms with E-state index >= 15 is 0 Å². The van der Waals surface area contributed by atoms with E-state index in [4.69, 9.17) is 17.3 Å². The normalized spacial score (nSPS) is 26.1. The number of rotatable bonds is 0. The second kappa shape index (κ2) is 5.20. The molecule has 0 saturated carbocycles. The zero-order chi connectivity index (χ0) is 18.1. The third-order valence-electron chi connectivity index (χ3n) is 5.52. The Labute approximate surface area is 154 Å². The Balaban J connectivity index is 1.58. The zero-order valence-electron chi connectivity index (χ0n) is 13.8. The third-order valence-corrected chi connectivity index (χ3v) is 5.85. The Morgan fingerprint density at radius 3 is 2.96 bits per heavy atom. The molecule has 2 aromatic rings. The summed E-state index contributed by atoms with van der Waals surface area (Å²) < 4.78 is 14.1. The first-order valence-electron chi connectivity index (χ1n) is 8.51. The topological polar surface area (TPSA) is 70.7 Å². The Hall–Kier alpha value is -2.60. The van der Waals surface area contributed by atoms with Gasteiger partial charge in [0, 0.05) is 41.2 Å². The fourth-order valence-corrected chi connectivity index (χ4v) is 4.68. The summed E-state index contributed by atoms with van der Waals surface area (Å²) in [5, 5.41) is 3.96. The van der Waals surface area contributed by atoms with Crippen molar-refractivity contribution < 1.29 is 9.18 Å². The third kappa shape index (κ3) is 2.02. The number of fused-ring (bicyclic) bond motifs is 4. The van der Waals surface area contributed by atoms with Crippen molar-refractivity contribution in [2.45, 2.75) is 24.5 Å². The zero-order valence-corrected chi connectivity index (χ0v) is 14.6. The Bertz CT molecular complexity index is 991. The molecule has 3 aliphatic heterocycles. The van der Waals surface area contributed by atoms with E-state index in [9.17, 15) is 9.18 Å². The van der Waals surface area contributed by atoms with Crippen molar-refractivity contribution in [3.05, 3.63) is 63.9 Å². The van der Waals surface area contributed by atoms with Gasteiger partial charge in [-0.15, -0.1) is 0 Å². The molecule has 1 amide bonds. The van der Waals surface area contributed by atoms with Crippen molar-refractivity contribution >= 4 is 29.0 Å². The van der Waals surface area contributed by atoms with E-state index in [1.54, 1.807) is 24.3 Å². The highest BCUT2D eigenvalue weighted by atomic mass is 35.5. The van der Waals surface area contributed by atoms with Gasteiger partial charge >= 0.3 is 0 Å². The lowest BCUT2D eigenvalue weighted by atomic mass is 9.87. The number of aliphatic imine (C=N–C) groups is 1. The van der Waals surface area contributed by atoms with Crippen molar-refractivity contribution in [3.63, 3.8) is 0 Å². The molecule has 2 atom stereocenters. The predicted octanol–water partition coefficient (Wildman–Crippen LogP) is 3.30. The highest BCUT2D eigenvalue weighted by molar-refractivity contribution is 6.32. The van der Waals surface area contributed by atoms with Crippen LogP contribution in [-0.2, 0) is 0 Å². The van der Waals surface area contributed by atoms with Crippen molar-refractivity contribution in [3.8, 4) is 0 Å². The molecule has 0 aromatic heterocycles. The molecule has 3 aliphatic rings. The van der Waals surface area contributed by atoms with Gasteiger partial charge in [0.25, 0.3) is 5.91 Å². The number of nitrogens with two attached hydrogens (primary N) is 1. The van der Waals surface area contributed by atoms with E-state index in [1.807, 2.05) is 11.0 Å². The van der Waals surface area contributed by atoms with Crippen molar-refractivity contribution in [1.82, 2.24) is 4.90 Å². The van der Waals surface area contributed by atoms with Crippen molar-refractivity contribution in [2.24, 2.45) is 10.7 Å². The molecule has 7 heteroatoms. The fourth-order valence-electron chi connectivity index (χ4n) is 4.38. The number of carbonyl (C=O) groups is 1. The predicted molar refractivity (Wildman–Crippen MR) is 97.9 cm³/mol. The summed E-state index contributed by atoms with van der Waals surface area (Å²) in [6, 6.07) is 10.1. The molecule has 0 radical (unpaired) electrons. The average molecular weight is 371 g/mol. The first-order valence-corrected chi connectivity index (χ1v) is 8.89. The Morgan fingerprint density at radius 1 is 1.31 bits per heavy atom. The summed E-state index contributed by atoms with van der Waals surface area (Å²) in [6.45, 7) is 0.531. The summed E-state index contributed by atoms with van der Waals surface area (Å²) in [4.78, 5) is 19.2. The second-order valence-electron chi connectivity index (χ2n) is 6.99. The van der Waals surface area contributed by atoms with E-state index in [0.29, 0.717) is 41.2 Å². The van der Waals surface area contributed by atoms with Gasteiger partial charge in [0.1, 0.15) is 17.3 Å². The number of hydrogen-bond donors (Lipinski definition) is 2. The standard InChI is InChI=1S/C19H16ClFN4O/c20-11-4-1-3-10-15(11)14-9-19(7-8-25(14)18(10)26)23-13-6-2-5-12(21)16(13)17(22)24-19/h1-6,14,23H,7-9H2,(H2,22,24)/t14?,19-/m1/s1. The summed E-state index contributed by atoms with van der Waals surface area (Å²) in [6.07, 6.45) is 1.13. The molecular formula is C19H16ClFN4O. The number of amides is 1. The second-order valence-corrected chi connectivity index (χ2v) is 7.39. The van der Waals surface area contributed by atoms with Crippen LogP contribution in [0.15, 0.2) is 41.4 Å². The average Bonchev–Trinajstić information content (AvgIpc) is 2.87. The van der Waals surface area contributed by atoms with Crippen LogP contribution < -0.4 is 11.1 Å². The molecule has 3 N–H and O–H groups in total. The maximum Gasteiger partial charge on any atom is 0.254 e. The molecule has 1 unspecified atom stereocenters. The maximum absolute atomic E-state index is 14.1. The Kier molecular flexibility index (Phi) is 3.13. The maximum atomic E-state index is 14.1.